The summed E-state index contributed by atoms with van der Waals surface area (Å²) in [6.45, 7) is 2.27. The molecule has 0 aromatic carbocycles. The van der Waals surface area contributed by atoms with Crippen molar-refractivity contribution in [2.75, 3.05) is 18.0 Å². The molecule has 1 saturated heterocycles. The minimum atomic E-state index is 1.09. The number of imidazole rings is 1. The zero-order chi connectivity index (χ0) is 11.7. The van der Waals surface area contributed by atoms with Gasteiger partial charge < -0.3 is 9.47 Å². The third kappa shape index (κ3) is 1.90. The van der Waals surface area contributed by atoms with Crippen LogP contribution >= 0.6 is 0 Å². The van der Waals surface area contributed by atoms with Crippen molar-refractivity contribution >= 4 is 5.82 Å². The number of rotatable bonds is 2. The summed E-state index contributed by atoms with van der Waals surface area (Å²) in [5.74, 6) is 1.09. The van der Waals surface area contributed by atoms with E-state index in [9.17, 15) is 0 Å². The highest BCUT2D eigenvalue weighted by molar-refractivity contribution is 5.59. The van der Waals surface area contributed by atoms with Crippen LogP contribution in [-0.2, 0) is 7.05 Å². The van der Waals surface area contributed by atoms with Gasteiger partial charge in [-0.15, -0.1) is 0 Å². The first kappa shape index (κ1) is 10.3. The number of aryl methyl sites for hydroxylation is 1. The Kier molecular flexibility index (Phi) is 2.55. The van der Waals surface area contributed by atoms with E-state index in [0.29, 0.717) is 0 Å². The molecule has 0 N–H and O–H groups in total. The highest BCUT2D eigenvalue weighted by Crippen LogP contribution is 2.22. The van der Waals surface area contributed by atoms with E-state index >= 15 is 0 Å². The largest absolute Gasteiger partial charge is 0.357 e. The van der Waals surface area contributed by atoms with Crippen LogP contribution in [0, 0.1) is 0 Å². The van der Waals surface area contributed by atoms with E-state index in [0.717, 1.165) is 30.2 Å². The first-order valence-electron chi connectivity index (χ1n) is 6.02. The maximum atomic E-state index is 4.54. The van der Waals surface area contributed by atoms with Gasteiger partial charge in [0.2, 0.25) is 0 Å². The zero-order valence-electron chi connectivity index (χ0n) is 10.0. The third-order valence-corrected chi connectivity index (χ3v) is 3.29. The van der Waals surface area contributed by atoms with Crippen molar-refractivity contribution in [1.29, 1.82) is 0 Å². The molecular formula is C13H16N4. The van der Waals surface area contributed by atoms with Crippen LogP contribution in [0.2, 0.25) is 0 Å². The molecule has 0 atom stereocenters. The molecule has 0 aliphatic carbocycles. The summed E-state index contributed by atoms with van der Waals surface area (Å²) in [5.41, 5.74) is 2.22. The number of hydrogen-bond acceptors (Lipinski definition) is 3. The van der Waals surface area contributed by atoms with Crippen LogP contribution in [0.25, 0.3) is 11.3 Å². The number of pyridine rings is 1. The highest BCUT2D eigenvalue weighted by Gasteiger charge is 2.13. The van der Waals surface area contributed by atoms with Gasteiger partial charge in [0.25, 0.3) is 0 Å². The molecule has 0 bridgehead atoms. The van der Waals surface area contributed by atoms with Crippen LogP contribution in [0.3, 0.4) is 0 Å². The van der Waals surface area contributed by atoms with Gasteiger partial charge in [0.1, 0.15) is 5.82 Å². The number of nitrogens with zero attached hydrogens (tertiary/aromatic N) is 4. The summed E-state index contributed by atoms with van der Waals surface area (Å²) >= 11 is 0. The van der Waals surface area contributed by atoms with Crippen molar-refractivity contribution in [1.82, 2.24) is 14.5 Å². The van der Waals surface area contributed by atoms with Crippen molar-refractivity contribution in [3.8, 4) is 11.3 Å². The lowest BCUT2D eigenvalue weighted by Crippen LogP contribution is -2.18. The Bertz CT molecular complexity index is 494. The molecule has 3 heterocycles. The van der Waals surface area contributed by atoms with E-state index < -0.39 is 0 Å². The van der Waals surface area contributed by atoms with E-state index in [1.165, 1.54) is 12.8 Å². The minimum Gasteiger partial charge on any atom is -0.357 e. The molecule has 0 unspecified atom stereocenters. The molecule has 0 saturated carbocycles. The standard InChI is InChI=1S/C13H16N4/c1-16-10-14-9-12(16)11-4-5-13(15-8-11)17-6-2-3-7-17/h4-5,8-10H,2-3,6-7H2,1H3. The zero-order valence-corrected chi connectivity index (χ0v) is 10.0. The van der Waals surface area contributed by atoms with E-state index in [4.69, 9.17) is 0 Å². The summed E-state index contributed by atoms with van der Waals surface area (Å²) in [6.07, 6.45) is 8.18. The van der Waals surface area contributed by atoms with Crippen molar-refractivity contribution in [3.05, 3.63) is 30.9 Å². The van der Waals surface area contributed by atoms with Gasteiger partial charge in [0.15, 0.2) is 0 Å². The lowest BCUT2D eigenvalue weighted by atomic mass is 10.2. The van der Waals surface area contributed by atoms with E-state index in [2.05, 4.69) is 27.0 Å². The van der Waals surface area contributed by atoms with Gasteiger partial charge in [0.05, 0.1) is 18.2 Å². The van der Waals surface area contributed by atoms with Crippen molar-refractivity contribution in [2.24, 2.45) is 7.05 Å². The molecule has 2 aromatic rings. The summed E-state index contributed by atoms with van der Waals surface area (Å²) in [5, 5.41) is 0. The van der Waals surface area contributed by atoms with Crippen molar-refractivity contribution in [3.63, 3.8) is 0 Å². The van der Waals surface area contributed by atoms with Gasteiger partial charge in [0, 0.05) is 31.9 Å². The van der Waals surface area contributed by atoms with Gasteiger partial charge in [-0.1, -0.05) is 0 Å². The van der Waals surface area contributed by atoms with Gasteiger partial charge in [-0.3, -0.25) is 0 Å². The average molecular weight is 228 g/mol. The fourth-order valence-corrected chi connectivity index (χ4v) is 2.31. The number of aromatic nitrogens is 3. The number of anilines is 1. The monoisotopic (exact) mass is 228 g/mol. The molecular weight excluding hydrogens is 212 g/mol. The van der Waals surface area contributed by atoms with Gasteiger partial charge in [-0.25, -0.2) is 9.97 Å². The molecule has 88 valence electrons. The molecule has 3 rings (SSSR count). The van der Waals surface area contributed by atoms with Crippen molar-refractivity contribution < 1.29 is 0 Å². The maximum Gasteiger partial charge on any atom is 0.128 e. The summed E-state index contributed by atoms with van der Waals surface area (Å²) in [4.78, 5) is 11.0. The fourth-order valence-electron chi connectivity index (χ4n) is 2.31. The molecule has 4 nitrogen and oxygen atoms in total. The van der Waals surface area contributed by atoms with Crippen molar-refractivity contribution in [2.45, 2.75) is 12.8 Å². The normalized spacial score (nSPS) is 15.5. The molecule has 1 fully saturated rings. The fraction of sp³-hybridized carbons (Fsp3) is 0.385. The predicted octanol–water partition coefficient (Wildman–Crippen LogP) is 2.08. The van der Waals surface area contributed by atoms with Gasteiger partial charge >= 0.3 is 0 Å². The van der Waals surface area contributed by atoms with Crippen LogP contribution < -0.4 is 4.90 Å². The van der Waals surface area contributed by atoms with Crippen LogP contribution in [0.4, 0.5) is 5.82 Å². The highest BCUT2D eigenvalue weighted by atomic mass is 15.2. The van der Waals surface area contributed by atoms with E-state index in [-0.39, 0.29) is 0 Å². The Morgan fingerprint density at radius 3 is 2.53 bits per heavy atom. The van der Waals surface area contributed by atoms with Gasteiger partial charge in [-0.2, -0.15) is 0 Å². The van der Waals surface area contributed by atoms with Crippen LogP contribution in [0.5, 0.6) is 0 Å². The van der Waals surface area contributed by atoms with E-state index in [1.807, 2.05) is 30.3 Å². The second-order valence-corrected chi connectivity index (χ2v) is 4.49. The SMILES string of the molecule is Cn1cncc1-c1ccc(N2CCCC2)nc1. The molecule has 1 aliphatic heterocycles. The Hall–Kier alpha value is -1.84. The Morgan fingerprint density at radius 1 is 1.12 bits per heavy atom. The second kappa shape index (κ2) is 4.20. The molecule has 4 heteroatoms. The first-order valence-corrected chi connectivity index (χ1v) is 6.02. The predicted molar refractivity (Wildman–Crippen MR) is 67.9 cm³/mol. The summed E-state index contributed by atoms with van der Waals surface area (Å²) in [6, 6.07) is 4.23. The molecule has 0 radical (unpaired) electrons. The van der Waals surface area contributed by atoms with E-state index in [1.54, 1.807) is 0 Å². The van der Waals surface area contributed by atoms with Crippen LogP contribution in [0.15, 0.2) is 30.9 Å². The summed E-state index contributed by atoms with van der Waals surface area (Å²) in [7, 11) is 2.00. The Balaban J connectivity index is 1.87. The molecule has 0 amide bonds. The van der Waals surface area contributed by atoms with Crippen LogP contribution in [-0.4, -0.2) is 27.6 Å². The van der Waals surface area contributed by atoms with Crippen LogP contribution in [0.1, 0.15) is 12.8 Å². The first-order chi connectivity index (χ1) is 8.34. The molecule has 0 spiro atoms. The quantitative estimate of drug-likeness (QED) is 0.789. The molecule has 2 aromatic heterocycles. The van der Waals surface area contributed by atoms with Gasteiger partial charge in [-0.05, 0) is 25.0 Å². The Labute approximate surface area is 101 Å². The number of hydrogen-bond donors (Lipinski definition) is 0. The lowest BCUT2D eigenvalue weighted by molar-refractivity contribution is 0.916. The maximum absolute atomic E-state index is 4.54. The molecule has 1 aliphatic rings. The minimum absolute atomic E-state index is 1.09. The molecule has 17 heavy (non-hydrogen) atoms. The average Bonchev–Trinajstić information content (AvgIpc) is 3.00. The second-order valence-electron chi connectivity index (χ2n) is 4.49. The summed E-state index contributed by atoms with van der Waals surface area (Å²) < 4.78 is 2.01. The smallest absolute Gasteiger partial charge is 0.128 e. The Morgan fingerprint density at radius 2 is 1.94 bits per heavy atom. The third-order valence-electron chi connectivity index (χ3n) is 3.29. The lowest BCUT2D eigenvalue weighted by Gasteiger charge is -2.16. The topological polar surface area (TPSA) is 34.0 Å².